The SMILES string of the molecule is C#Cc1cccc(NC(=O)Cc2noc3ccccc23)c1. The quantitative estimate of drug-likeness (QED) is 0.748. The molecule has 3 aromatic rings. The zero-order valence-electron chi connectivity index (χ0n) is 11.2. The molecule has 0 saturated carbocycles. The fraction of sp³-hybridized carbons (Fsp3) is 0.0588. The average molecular weight is 276 g/mol. The van der Waals surface area contributed by atoms with Gasteiger partial charge in [0.25, 0.3) is 0 Å². The molecule has 3 rings (SSSR count). The molecule has 0 atom stereocenters. The molecule has 0 saturated heterocycles. The maximum absolute atomic E-state index is 12.1. The third-order valence-electron chi connectivity index (χ3n) is 3.09. The topological polar surface area (TPSA) is 55.1 Å². The second kappa shape index (κ2) is 5.51. The summed E-state index contributed by atoms with van der Waals surface area (Å²) in [6.07, 6.45) is 5.49. The fourth-order valence-electron chi connectivity index (χ4n) is 2.11. The number of benzene rings is 2. The Balaban J connectivity index is 1.76. The van der Waals surface area contributed by atoms with Crippen molar-refractivity contribution in [2.45, 2.75) is 6.42 Å². The first-order chi connectivity index (χ1) is 10.3. The van der Waals surface area contributed by atoms with Crippen molar-refractivity contribution in [1.29, 1.82) is 0 Å². The lowest BCUT2D eigenvalue weighted by Gasteiger charge is -2.04. The molecule has 2 aromatic carbocycles. The standard InChI is InChI=1S/C17H12N2O2/c1-2-12-6-5-7-13(10-12)18-17(20)11-15-14-8-3-4-9-16(14)21-19-15/h1,3-10H,11H2,(H,18,20). The van der Waals surface area contributed by atoms with Crippen molar-refractivity contribution in [3.8, 4) is 12.3 Å². The van der Waals surface area contributed by atoms with Gasteiger partial charge in [-0.25, -0.2) is 0 Å². The Morgan fingerprint density at radius 1 is 1.24 bits per heavy atom. The number of hydrogen-bond donors (Lipinski definition) is 1. The van der Waals surface area contributed by atoms with E-state index in [1.165, 1.54) is 0 Å². The van der Waals surface area contributed by atoms with Gasteiger partial charge in [0.1, 0.15) is 5.69 Å². The highest BCUT2D eigenvalue weighted by Crippen LogP contribution is 2.18. The highest BCUT2D eigenvalue weighted by Gasteiger charge is 2.12. The first-order valence-electron chi connectivity index (χ1n) is 6.46. The summed E-state index contributed by atoms with van der Waals surface area (Å²) in [6, 6.07) is 14.6. The number of carbonyl (C=O) groups excluding carboxylic acids is 1. The van der Waals surface area contributed by atoms with Gasteiger partial charge in [-0.15, -0.1) is 6.42 Å². The highest BCUT2D eigenvalue weighted by molar-refractivity contribution is 5.94. The number of para-hydroxylation sites is 1. The van der Waals surface area contributed by atoms with Crippen LogP contribution in [0.5, 0.6) is 0 Å². The number of amides is 1. The van der Waals surface area contributed by atoms with Crippen LogP contribution >= 0.6 is 0 Å². The third-order valence-corrected chi connectivity index (χ3v) is 3.09. The molecule has 1 aromatic heterocycles. The maximum Gasteiger partial charge on any atom is 0.230 e. The van der Waals surface area contributed by atoms with Crippen LogP contribution in [-0.2, 0) is 11.2 Å². The Kier molecular flexibility index (Phi) is 3.40. The van der Waals surface area contributed by atoms with E-state index < -0.39 is 0 Å². The molecule has 102 valence electrons. The van der Waals surface area contributed by atoms with E-state index in [1.807, 2.05) is 24.3 Å². The van der Waals surface area contributed by atoms with E-state index in [9.17, 15) is 4.79 Å². The van der Waals surface area contributed by atoms with Crippen molar-refractivity contribution in [1.82, 2.24) is 5.16 Å². The molecule has 0 spiro atoms. The van der Waals surface area contributed by atoms with E-state index in [0.717, 1.165) is 10.9 Å². The normalized spacial score (nSPS) is 10.2. The number of anilines is 1. The Morgan fingerprint density at radius 2 is 2.10 bits per heavy atom. The second-order valence-electron chi connectivity index (χ2n) is 4.58. The number of terminal acetylenes is 1. The van der Waals surface area contributed by atoms with Crippen molar-refractivity contribution >= 4 is 22.6 Å². The molecule has 0 fully saturated rings. The maximum atomic E-state index is 12.1. The van der Waals surface area contributed by atoms with Gasteiger partial charge >= 0.3 is 0 Å². The number of nitrogens with one attached hydrogen (secondary N) is 1. The van der Waals surface area contributed by atoms with Gasteiger partial charge in [-0.3, -0.25) is 4.79 Å². The number of aromatic nitrogens is 1. The summed E-state index contributed by atoms with van der Waals surface area (Å²) in [5, 5.41) is 7.60. The summed E-state index contributed by atoms with van der Waals surface area (Å²) in [7, 11) is 0. The molecule has 0 bridgehead atoms. The summed E-state index contributed by atoms with van der Waals surface area (Å²) >= 11 is 0. The minimum absolute atomic E-state index is 0.150. The Bertz CT molecular complexity index is 843. The summed E-state index contributed by atoms with van der Waals surface area (Å²) in [6.45, 7) is 0. The van der Waals surface area contributed by atoms with E-state index in [2.05, 4.69) is 16.4 Å². The Hall–Kier alpha value is -3.06. The lowest BCUT2D eigenvalue weighted by atomic mass is 10.1. The van der Waals surface area contributed by atoms with Crippen molar-refractivity contribution in [3.63, 3.8) is 0 Å². The number of rotatable bonds is 3. The van der Waals surface area contributed by atoms with Gasteiger partial charge in [-0.2, -0.15) is 0 Å². The molecule has 0 radical (unpaired) electrons. The largest absolute Gasteiger partial charge is 0.356 e. The van der Waals surface area contributed by atoms with Crippen LogP contribution in [0.2, 0.25) is 0 Å². The fourth-order valence-corrected chi connectivity index (χ4v) is 2.11. The lowest BCUT2D eigenvalue weighted by molar-refractivity contribution is -0.115. The van der Waals surface area contributed by atoms with Gasteiger partial charge < -0.3 is 9.84 Å². The minimum Gasteiger partial charge on any atom is -0.356 e. The highest BCUT2D eigenvalue weighted by atomic mass is 16.5. The van der Waals surface area contributed by atoms with Crippen LogP contribution in [0.25, 0.3) is 11.0 Å². The van der Waals surface area contributed by atoms with Crippen molar-refractivity contribution in [2.24, 2.45) is 0 Å². The Morgan fingerprint density at radius 3 is 2.95 bits per heavy atom. The first-order valence-corrected chi connectivity index (χ1v) is 6.46. The van der Waals surface area contributed by atoms with Gasteiger partial charge in [-0.05, 0) is 30.3 Å². The lowest BCUT2D eigenvalue weighted by Crippen LogP contribution is -2.14. The number of fused-ring (bicyclic) bond motifs is 1. The molecule has 0 aliphatic heterocycles. The first kappa shape index (κ1) is 12.9. The molecule has 21 heavy (non-hydrogen) atoms. The summed E-state index contributed by atoms with van der Waals surface area (Å²) in [4.78, 5) is 12.1. The predicted molar refractivity (Wildman–Crippen MR) is 80.7 cm³/mol. The minimum atomic E-state index is -0.164. The zero-order chi connectivity index (χ0) is 14.7. The second-order valence-corrected chi connectivity index (χ2v) is 4.58. The number of hydrogen-bond acceptors (Lipinski definition) is 3. The van der Waals surface area contributed by atoms with Gasteiger partial charge in [0, 0.05) is 16.6 Å². The van der Waals surface area contributed by atoms with E-state index in [4.69, 9.17) is 10.9 Å². The van der Waals surface area contributed by atoms with Crippen LogP contribution in [0.3, 0.4) is 0 Å². The molecule has 1 amide bonds. The third kappa shape index (κ3) is 2.77. The number of carbonyl (C=O) groups is 1. The van der Waals surface area contributed by atoms with Crippen molar-refractivity contribution in [2.75, 3.05) is 5.32 Å². The van der Waals surface area contributed by atoms with Gasteiger partial charge in [0.05, 0.1) is 6.42 Å². The molecule has 0 aliphatic rings. The molecule has 4 heteroatoms. The van der Waals surface area contributed by atoms with Crippen LogP contribution in [0.1, 0.15) is 11.3 Å². The molecule has 1 heterocycles. The monoisotopic (exact) mass is 276 g/mol. The smallest absolute Gasteiger partial charge is 0.230 e. The molecular formula is C17H12N2O2. The van der Waals surface area contributed by atoms with Crippen molar-refractivity contribution in [3.05, 3.63) is 59.8 Å². The molecule has 4 nitrogen and oxygen atoms in total. The van der Waals surface area contributed by atoms with Crippen molar-refractivity contribution < 1.29 is 9.32 Å². The van der Waals surface area contributed by atoms with E-state index >= 15 is 0 Å². The van der Waals surface area contributed by atoms with Crippen LogP contribution < -0.4 is 5.32 Å². The Labute approximate surface area is 121 Å². The van der Waals surface area contributed by atoms with Gasteiger partial charge in [0.15, 0.2) is 5.58 Å². The van der Waals surface area contributed by atoms with E-state index in [0.29, 0.717) is 17.0 Å². The molecule has 0 aliphatic carbocycles. The summed E-state index contributed by atoms with van der Waals surface area (Å²) in [5.74, 6) is 2.37. The zero-order valence-corrected chi connectivity index (χ0v) is 11.2. The molecule has 1 N–H and O–H groups in total. The van der Waals surface area contributed by atoms with E-state index in [-0.39, 0.29) is 12.3 Å². The molecular weight excluding hydrogens is 264 g/mol. The average Bonchev–Trinajstić information content (AvgIpc) is 2.91. The molecule has 0 unspecified atom stereocenters. The van der Waals surface area contributed by atoms with Crippen LogP contribution in [0.15, 0.2) is 53.1 Å². The van der Waals surface area contributed by atoms with Crippen LogP contribution in [0, 0.1) is 12.3 Å². The van der Waals surface area contributed by atoms with Crippen LogP contribution in [-0.4, -0.2) is 11.1 Å². The van der Waals surface area contributed by atoms with Gasteiger partial charge in [0.2, 0.25) is 5.91 Å². The summed E-state index contributed by atoms with van der Waals surface area (Å²) in [5.41, 5.74) is 2.69. The van der Waals surface area contributed by atoms with E-state index in [1.54, 1.807) is 24.3 Å². The summed E-state index contributed by atoms with van der Waals surface area (Å²) < 4.78 is 5.18. The number of nitrogens with zero attached hydrogens (tertiary/aromatic N) is 1. The predicted octanol–water partition coefficient (Wildman–Crippen LogP) is 2.99. The van der Waals surface area contributed by atoms with Crippen LogP contribution in [0.4, 0.5) is 5.69 Å². The van der Waals surface area contributed by atoms with Gasteiger partial charge in [-0.1, -0.05) is 29.3 Å².